The van der Waals surface area contributed by atoms with Gasteiger partial charge in [0.25, 0.3) is 0 Å². The molecule has 2 aromatic carbocycles. The molecule has 1 aliphatic rings. The van der Waals surface area contributed by atoms with Crippen LogP contribution in [0.1, 0.15) is 29.7 Å². The maximum absolute atomic E-state index is 13.5. The van der Waals surface area contributed by atoms with E-state index in [1.807, 2.05) is 37.3 Å². The van der Waals surface area contributed by atoms with E-state index in [2.05, 4.69) is 11.1 Å². The summed E-state index contributed by atoms with van der Waals surface area (Å²) in [5, 5.41) is 0. The number of fused-ring (bicyclic) bond motifs is 1. The van der Waals surface area contributed by atoms with Crippen molar-refractivity contribution in [3.8, 4) is 5.75 Å². The molecule has 1 aromatic heterocycles. The molecule has 3 aromatic rings. The lowest BCUT2D eigenvalue weighted by atomic mass is 9.91. The van der Waals surface area contributed by atoms with E-state index in [4.69, 9.17) is 4.74 Å². The molecule has 0 N–H and O–H groups in total. The van der Waals surface area contributed by atoms with Crippen molar-refractivity contribution in [3.63, 3.8) is 0 Å². The Labute approximate surface area is 165 Å². The zero-order valence-electron chi connectivity index (χ0n) is 15.7. The second-order valence-corrected chi connectivity index (χ2v) is 8.55. The molecular formula is C22H22N2O3S. The van der Waals surface area contributed by atoms with E-state index >= 15 is 0 Å². The second kappa shape index (κ2) is 7.73. The SMILES string of the molecule is CCOc1ccc(S(=O)(=O)N2CCc3ccccc3C2c2cccnc2)cc1. The summed E-state index contributed by atoms with van der Waals surface area (Å²) < 4.78 is 34.1. The fraction of sp³-hybridized carbons (Fsp3) is 0.227. The van der Waals surface area contributed by atoms with E-state index in [0.29, 0.717) is 25.3 Å². The minimum Gasteiger partial charge on any atom is -0.494 e. The molecule has 0 radical (unpaired) electrons. The van der Waals surface area contributed by atoms with Gasteiger partial charge in [0, 0.05) is 18.9 Å². The highest BCUT2D eigenvalue weighted by atomic mass is 32.2. The summed E-state index contributed by atoms with van der Waals surface area (Å²) in [7, 11) is -3.68. The van der Waals surface area contributed by atoms with Crippen LogP contribution < -0.4 is 4.74 Å². The van der Waals surface area contributed by atoms with Crippen molar-refractivity contribution in [2.75, 3.05) is 13.2 Å². The average Bonchev–Trinajstić information content (AvgIpc) is 2.74. The van der Waals surface area contributed by atoms with Crippen LogP contribution in [0.25, 0.3) is 0 Å². The van der Waals surface area contributed by atoms with Gasteiger partial charge in [0.1, 0.15) is 5.75 Å². The number of hydrogen-bond donors (Lipinski definition) is 0. The van der Waals surface area contributed by atoms with Gasteiger partial charge < -0.3 is 4.74 Å². The van der Waals surface area contributed by atoms with Gasteiger partial charge in [0.05, 0.1) is 17.5 Å². The highest BCUT2D eigenvalue weighted by Gasteiger charge is 2.37. The molecular weight excluding hydrogens is 372 g/mol. The van der Waals surface area contributed by atoms with Gasteiger partial charge >= 0.3 is 0 Å². The molecule has 2 heterocycles. The predicted octanol–water partition coefficient (Wildman–Crippen LogP) is 3.82. The molecule has 0 aliphatic carbocycles. The lowest BCUT2D eigenvalue weighted by Crippen LogP contribution is -2.40. The summed E-state index contributed by atoms with van der Waals surface area (Å²) in [5.41, 5.74) is 3.05. The first-order chi connectivity index (χ1) is 13.6. The van der Waals surface area contributed by atoms with Crippen LogP contribution in [0.15, 0.2) is 78.0 Å². The fourth-order valence-electron chi connectivity index (χ4n) is 3.70. The van der Waals surface area contributed by atoms with Crippen LogP contribution in [-0.4, -0.2) is 30.9 Å². The number of ether oxygens (including phenoxy) is 1. The lowest BCUT2D eigenvalue weighted by Gasteiger charge is -2.36. The third-order valence-electron chi connectivity index (χ3n) is 4.98. The van der Waals surface area contributed by atoms with Crippen molar-refractivity contribution in [1.82, 2.24) is 9.29 Å². The van der Waals surface area contributed by atoms with Crippen molar-refractivity contribution >= 4 is 10.0 Å². The normalized spacial score (nSPS) is 17.1. The summed E-state index contributed by atoms with van der Waals surface area (Å²) in [6, 6.07) is 18.0. The van der Waals surface area contributed by atoms with Crippen molar-refractivity contribution in [3.05, 3.63) is 89.7 Å². The number of pyridine rings is 1. The van der Waals surface area contributed by atoms with Crippen LogP contribution in [0.4, 0.5) is 0 Å². The summed E-state index contributed by atoms with van der Waals surface area (Å²) in [6.07, 6.45) is 4.13. The first kappa shape index (κ1) is 18.7. The number of sulfonamides is 1. The molecule has 0 amide bonds. The van der Waals surface area contributed by atoms with Crippen LogP contribution in [0.5, 0.6) is 5.75 Å². The Morgan fingerprint density at radius 1 is 1.07 bits per heavy atom. The Kier molecular flexibility index (Phi) is 5.15. The van der Waals surface area contributed by atoms with Gasteiger partial charge in [-0.25, -0.2) is 8.42 Å². The molecule has 0 fully saturated rings. The smallest absolute Gasteiger partial charge is 0.243 e. The zero-order valence-corrected chi connectivity index (χ0v) is 16.5. The molecule has 0 spiro atoms. The zero-order chi connectivity index (χ0) is 19.6. The van der Waals surface area contributed by atoms with Crippen molar-refractivity contribution in [2.45, 2.75) is 24.3 Å². The number of nitrogens with zero attached hydrogens (tertiary/aromatic N) is 2. The maximum Gasteiger partial charge on any atom is 0.243 e. The number of rotatable bonds is 5. The standard InChI is InChI=1S/C22H22N2O3S/c1-2-27-19-9-11-20(12-10-19)28(25,26)24-15-13-17-6-3-4-8-21(17)22(24)18-7-5-14-23-16-18/h3-12,14,16,22H,2,13,15H2,1H3. The largest absolute Gasteiger partial charge is 0.494 e. The number of aromatic nitrogens is 1. The van der Waals surface area contributed by atoms with Gasteiger partial charge in [0.2, 0.25) is 10.0 Å². The quantitative estimate of drug-likeness (QED) is 0.660. The highest BCUT2D eigenvalue weighted by molar-refractivity contribution is 7.89. The van der Waals surface area contributed by atoms with Gasteiger partial charge in [-0.3, -0.25) is 4.98 Å². The van der Waals surface area contributed by atoms with Crippen molar-refractivity contribution < 1.29 is 13.2 Å². The Bertz CT molecular complexity index is 1050. The van der Waals surface area contributed by atoms with Crippen LogP contribution in [0.2, 0.25) is 0 Å². The van der Waals surface area contributed by atoms with Crippen LogP contribution in [0.3, 0.4) is 0 Å². The molecule has 144 valence electrons. The van der Waals surface area contributed by atoms with Gasteiger partial charge in [0.15, 0.2) is 0 Å². The number of benzene rings is 2. The third-order valence-corrected chi connectivity index (χ3v) is 6.86. The fourth-order valence-corrected chi connectivity index (χ4v) is 5.29. The highest BCUT2D eigenvalue weighted by Crippen LogP contribution is 2.38. The molecule has 6 heteroatoms. The Hall–Kier alpha value is -2.70. The number of hydrogen-bond acceptors (Lipinski definition) is 4. The molecule has 0 bridgehead atoms. The van der Waals surface area contributed by atoms with Gasteiger partial charge in [-0.2, -0.15) is 4.31 Å². The molecule has 5 nitrogen and oxygen atoms in total. The molecule has 4 rings (SSSR count). The lowest BCUT2D eigenvalue weighted by molar-refractivity contribution is 0.338. The van der Waals surface area contributed by atoms with E-state index < -0.39 is 16.1 Å². The Balaban J connectivity index is 1.78. The van der Waals surface area contributed by atoms with Gasteiger partial charge in [-0.05, 0) is 60.4 Å². The molecule has 0 saturated carbocycles. The summed E-state index contributed by atoms with van der Waals surface area (Å²) >= 11 is 0. The van der Waals surface area contributed by atoms with Crippen LogP contribution in [-0.2, 0) is 16.4 Å². The first-order valence-electron chi connectivity index (χ1n) is 9.33. The van der Waals surface area contributed by atoms with E-state index in [1.54, 1.807) is 41.0 Å². The van der Waals surface area contributed by atoms with E-state index in [1.165, 1.54) is 5.56 Å². The first-order valence-corrected chi connectivity index (χ1v) is 10.8. The van der Waals surface area contributed by atoms with Crippen molar-refractivity contribution in [2.24, 2.45) is 0 Å². The monoisotopic (exact) mass is 394 g/mol. The topological polar surface area (TPSA) is 59.5 Å². The van der Waals surface area contributed by atoms with E-state index in [9.17, 15) is 8.42 Å². The molecule has 0 saturated heterocycles. The Morgan fingerprint density at radius 2 is 1.86 bits per heavy atom. The average molecular weight is 394 g/mol. The second-order valence-electron chi connectivity index (χ2n) is 6.66. The molecule has 1 aliphatic heterocycles. The molecule has 28 heavy (non-hydrogen) atoms. The van der Waals surface area contributed by atoms with Gasteiger partial charge in [-0.15, -0.1) is 0 Å². The van der Waals surface area contributed by atoms with E-state index in [-0.39, 0.29) is 4.90 Å². The van der Waals surface area contributed by atoms with Gasteiger partial charge in [-0.1, -0.05) is 30.3 Å². The summed E-state index contributed by atoms with van der Waals surface area (Å²) in [4.78, 5) is 4.48. The predicted molar refractivity (Wildman–Crippen MR) is 108 cm³/mol. The van der Waals surface area contributed by atoms with Crippen LogP contribution >= 0.6 is 0 Å². The minimum atomic E-state index is -3.68. The summed E-state index contributed by atoms with van der Waals surface area (Å²) in [6.45, 7) is 2.86. The van der Waals surface area contributed by atoms with E-state index in [0.717, 1.165) is 11.1 Å². The maximum atomic E-state index is 13.5. The molecule has 1 atom stereocenters. The summed E-state index contributed by atoms with van der Waals surface area (Å²) in [5.74, 6) is 0.661. The minimum absolute atomic E-state index is 0.268. The molecule has 1 unspecified atom stereocenters. The third kappa shape index (κ3) is 3.41. The van der Waals surface area contributed by atoms with Crippen LogP contribution in [0, 0.1) is 0 Å². The Morgan fingerprint density at radius 3 is 2.57 bits per heavy atom. The van der Waals surface area contributed by atoms with Crippen molar-refractivity contribution in [1.29, 1.82) is 0 Å².